The summed E-state index contributed by atoms with van der Waals surface area (Å²) in [5.41, 5.74) is 6.73. The van der Waals surface area contributed by atoms with E-state index in [9.17, 15) is 4.39 Å². The van der Waals surface area contributed by atoms with Crippen molar-refractivity contribution in [2.45, 2.75) is 45.6 Å². The van der Waals surface area contributed by atoms with Crippen LogP contribution in [0.4, 0.5) is 4.39 Å². The van der Waals surface area contributed by atoms with E-state index in [1.54, 1.807) is 6.07 Å². The van der Waals surface area contributed by atoms with Crippen LogP contribution in [0.3, 0.4) is 0 Å². The van der Waals surface area contributed by atoms with Crippen molar-refractivity contribution in [2.24, 2.45) is 11.7 Å². The molecular weight excluding hydrogens is 201 g/mol. The van der Waals surface area contributed by atoms with Gasteiger partial charge in [0.05, 0.1) is 0 Å². The first-order valence-electron chi connectivity index (χ1n) is 6.08. The number of rotatable bonds is 6. The fourth-order valence-electron chi connectivity index (χ4n) is 1.84. The van der Waals surface area contributed by atoms with Crippen molar-refractivity contribution in [2.75, 3.05) is 0 Å². The zero-order chi connectivity index (χ0) is 12.0. The molecule has 2 heteroatoms. The van der Waals surface area contributed by atoms with E-state index in [0.29, 0.717) is 6.42 Å². The van der Waals surface area contributed by atoms with Crippen LogP contribution in [0.25, 0.3) is 0 Å². The Labute approximate surface area is 97.9 Å². The highest BCUT2D eigenvalue weighted by atomic mass is 19.1. The lowest BCUT2D eigenvalue weighted by molar-refractivity contribution is 0.490. The third-order valence-corrected chi connectivity index (χ3v) is 2.80. The van der Waals surface area contributed by atoms with E-state index in [2.05, 4.69) is 13.8 Å². The van der Waals surface area contributed by atoms with E-state index in [-0.39, 0.29) is 11.9 Å². The summed E-state index contributed by atoms with van der Waals surface area (Å²) in [4.78, 5) is 0. The third-order valence-electron chi connectivity index (χ3n) is 2.80. The second-order valence-electron chi connectivity index (χ2n) is 4.88. The molecule has 2 N–H and O–H groups in total. The zero-order valence-corrected chi connectivity index (χ0v) is 10.2. The summed E-state index contributed by atoms with van der Waals surface area (Å²) < 4.78 is 13.3. The minimum absolute atomic E-state index is 0.0793. The van der Waals surface area contributed by atoms with Crippen molar-refractivity contribution in [3.8, 4) is 0 Å². The van der Waals surface area contributed by atoms with E-state index < -0.39 is 0 Å². The summed E-state index contributed by atoms with van der Waals surface area (Å²) in [6.07, 6.45) is 3.95. The highest BCUT2D eigenvalue weighted by molar-refractivity contribution is 5.18. The number of benzene rings is 1. The van der Waals surface area contributed by atoms with Crippen LogP contribution >= 0.6 is 0 Å². The van der Waals surface area contributed by atoms with Crippen molar-refractivity contribution < 1.29 is 4.39 Å². The number of hydrogen-bond acceptors (Lipinski definition) is 1. The molecule has 0 fully saturated rings. The van der Waals surface area contributed by atoms with Crippen LogP contribution in [0.2, 0.25) is 0 Å². The fraction of sp³-hybridized carbons (Fsp3) is 0.571. The monoisotopic (exact) mass is 223 g/mol. The molecule has 0 bridgehead atoms. The van der Waals surface area contributed by atoms with Gasteiger partial charge in [0.15, 0.2) is 0 Å². The highest BCUT2D eigenvalue weighted by Crippen LogP contribution is 2.13. The molecule has 1 aromatic rings. The van der Waals surface area contributed by atoms with Gasteiger partial charge in [-0.05, 0) is 30.4 Å². The molecule has 0 saturated heterocycles. The van der Waals surface area contributed by atoms with Crippen LogP contribution in [0.15, 0.2) is 24.3 Å². The molecule has 0 amide bonds. The van der Waals surface area contributed by atoms with Crippen LogP contribution in [-0.4, -0.2) is 6.04 Å². The highest BCUT2D eigenvalue weighted by Gasteiger charge is 2.07. The van der Waals surface area contributed by atoms with Crippen LogP contribution in [-0.2, 0) is 6.42 Å². The second-order valence-corrected chi connectivity index (χ2v) is 4.88. The third kappa shape index (κ3) is 4.75. The van der Waals surface area contributed by atoms with Gasteiger partial charge in [0.1, 0.15) is 5.82 Å². The maximum Gasteiger partial charge on any atom is 0.126 e. The van der Waals surface area contributed by atoms with E-state index in [1.165, 1.54) is 12.5 Å². The van der Waals surface area contributed by atoms with Gasteiger partial charge >= 0.3 is 0 Å². The smallest absolute Gasteiger partial charge is 0.126 e. The summed E-state index contributed by atoms with van der Waals surface area (Å²) in [6, 6.07) is 6.96. The van der Waals surface area contributed by atoms with Gasteiger partial charge in [-0.3, -0.25) is 0 Å². The Morgan fingerprint density at radius 3 is 2.50 bits per heavy atom. The topological polar surface area (TPSA) is 26.0 Å². The van der Waals surface area contributed by atoms with Crippen LogP contribution in [0.1, 0.15) is 38.7 Å². The van der Waals surface area contributed by atoms with Crippen LogP contribution in [0.5, 0.6) is 0 Å². The van der Waals surface area contributed by atoms with Gasteiger partial charge in [0, 0.05) is 6.04 Å². The van der Waals surface area contributed by atoms with Gasteiger partial charge in [-0.15, -0.1) is 0 Å². The molecule has 0 heterocycles. The predicted molar refractivity (Wildman–Crippen MR) is 66.8 cm³/mol. The molecule has 1 aromatic carbocycles. The molecule has 0 aliphatic rings. The molecule has 0 aliphatic heterocycles. The van der Waals surface area contributed by atoms with Crippen molar-refractivity contribution in [1.29, 1.82) is 0 Å². The average molecular weight is 223 g/mol. The van der Waals surface area contributed by atoms with Crippen molar-refractivity contribution >= 4 is 0 Å². The Hall–Kier alpha value is -0.890. The van der Waals surface area contributed by atoms with Gasteiger partial charge < -0.3 is 5.73 Å². The number of halogens is 1. The Morgan fingerprint density at radius 1 is 1.19 bits per heavy atom. The van der Waals surface area contributed by atoms with Gasteiger partial charge in [-0.2, -0.15) is 0 Å². The Balaban J connectivity index is 2.34. The van der Waals surface area contributed by atoms with Crippen molar-refractivity contribution in [3.63, 3.8) is 0 Å². The van der Waals surface area contributed by atoms with Crippen LogP contribution < -0.4 is 5.73 Å². The summed E-state index contributed by atoms with van der Waals surface area (Å²) in [5.74, 6) is 0.586. The molecule has 1 nitrogen and oxygen atoms in total. The first-order valence-corrected chi connectivity index (χ1v) is 6.08. The summed E-state index contributed by atoms with van der Waals surface area (Å²) >= 11 is 0. The first-order chi connectivity index (χ1) is 7.59. The first kappa shape index (κ1) is 13.2. The molecular formula is C14H22FN. The lowest BCUT2D eigenvalue weighted by Gasteiger charge is -2.12. The Kier molecular flexibility index (Phi) is 5.47. The van der Waals surface area contributed by atoms with E-state index in [4.69, 9.17) is 5.73 Å². The molecule has 0 radical (unpaired) electrons. The summed E-state index contributed by atoms with van der Waals surface area (Å²) in [7, 11) is 0. The Morgan fingerprint density at radius 2 is 1.88 bits per heavy atom. The van der Waals surface area contributed by atoms with Gasteiger partial charge in [0.25, 0.3) is 0 Å². The normalized spacial score (nSPS) is 13.1. The molecule has 90 valence electrons. The van der Waals surface area contributed by atoms with Crippen molar-refractivity contribution in [3.05, 3.63) is 35.6 Å². The minimum atomic E-state index is -0.137. The molecule has 1 unspecified atom stereocenters. The maximum atomic E-state index is 13.3. The summed E-state index contributed by atoms with van der Waals surface area (Å²) in [6.45, 7) is 4.42. The molecule has 1 atom stereocenters. The zero-order valence-electron chi connectivity index (χ0n) is 10.2. The fourth-order valence-corrected chi connectivity index (χ4v) is 1.84. The average Bonchev–Trinajstić information content (AvgIpc) is 2.21. The van der Waals surface area contributed by atoms with Crippen LogP contribution in [0, 0.1) is 11.7 Å². The Bertz CT molecular complexity index is 309. The van der Waals surface area contributed by atoms with Gasteiger partial charge in [-0.1, -0.05) is 44.9 Å². The second kappa shape index (κ2) is 6.64. The molecule has 0 spiro atoms. The predicted octanol–water partition coefficient (Wildman–Crippen LogP) is 3.52. The standard InChI is InChI=1S/C14H22FN/c1-11(2)6-5-8-13(16)10-12-7-3-4-9-14(12)15/h3-4,7,9,11,13H,5-6,8,10,16H2,1-2H3. The molecule has 0 aliphatic carbocycles. The van der Waals surface area contributed by atoms with Crippen molar-refractivity contribution in [1.82, 2.24) is 0 Å². The molecule has 0 saturated carbocycles. The van der Waals surface area contributed by atoms with Gasteiger partial charge in [0.2, 0.25) is 0 Å². The number of hydrogen-bond donors (Lipinski definition) is 1. The molecule has 16 heavy (non-hydrogen) atoms. The SMILES string of the molecule is CC(C)CCCC(N)Cc1ccccc1F. The van der Waals surface area contributed by atoms with E-state index >= 15 is 0 Å². The quantitative estimate of drug-likeness (QED) is 0.784. The van der Waals surface area contributed by atoms with E-state index in [0.717, 1.165) is 24.3 Å². The lowest BCUT2D eigenvalue weighted by Crippen LogP contribution is -2.23. The maximum absolute atomic E-state index is 13.3. The van der Waals surface area contributed by atoms with E-state index in [1.807, 2.05) is 12.1 Å². The molecule has 0 aromatic heterocycles. The number of nitrogens with two attached hydrogens (primary N) is 1. The molecule has 1 rings (SSSR count). The summed E-state index contributed by atoms with van der Waals surface area (Å²) in [5, 5.41) is 0. The lowest BCUT2D eigenvalue weighted by atomic mass is 9.99. The minimum Gasteiger partial charge on any atom is -0.327 e. The largest absolute Gasteiger partial charge is 0.327 e. The van der Waals surface area contributed by atoms with Gasteiger partial charge in [-0.25, -0.2) is 4.39 Å².